The predicted octanol–water partition coefficient (Wildman–Crippen LogP) is 1.95. The summed E-state index contributed by atoms with van der Waals surface area (Å²) in [5.41, 5.74) is -0.0492. The molecule has 0 saturated heterocycles. The van der Waals surface area contributed by atoms with Crippen molar-refractivity contribution < 1.29 is 23.5 Å². The standard InChI is InChI=1S/C12H10FN3O4S/c1-6-15-16-12(20-6)14-10(17)5-21-9-4-7(11(18)19)2-3-8(9)13/h2-4H,5H2,1H3,(H,18,19)(H,14,16,17). The molecule has 0 aliphatic heterocycles. The van der Waals surface area contributed by atoms with Crippen LogP contribution in [0.1, 0.15) is 16.2 Å². The molecule has 0 fully saturated rings. The van der Waals surface area contributed by atoms with Crippen LogP contribution in [0.3, 0.4) is 0 Å². The third-order valence-corrected chi connectivity index (χ3v) is 3.34. The predicted molar refractivity (Wildman–Crippen MR) is 71.7 cm³/mol. The third kappa shape index (κ3) is 4.02. The zero-order valence-corrected chi connectivity index (χ0v) is 11.6. The first-order valence-electron chi connectivity index (χ1n) is 5.71. The maximum atomic E-state index is 13.5. The second kappa shape index (κ2) is 6.35. The van der Waals surface area contributed by atoms with Gasteiger partial charge in [0.25, 0.3) is 0 Å². The van der Waals surface area contributed by atoms with Crippen LogP contribution in [0.4, 0.5) is 10.4 Å². The van der Waals surface area contributed by atoms with Crippen LogP contribution < -0.4 is 5.32 Å². The molecule has 1 aromatic heterocycles. The number of amides is 1. The SMILES string of the molecule is Cc1nnc(NC(=O)CSc2cc(C(=O)O)ccc2F)o1. The first-order chi connectivity index (χ1) is 9.95. The number of nitrogens with zero attached hydrogens (tertiary/aromatic N) is 2. The molecular weight excluding hydrogens is 301 g/mol. The van der Waals surface area contributed by atoms with Crippen molar-refractivity contribution >= 4 is 29.7 Å². The highest BCUT2D eigenvalue weighted by Gasteiger charge is 2.12. The van der Waals surface area contributed by atoms with Crippen molar-refractivity contribution in [1.29, 1.82) is 0 Å². The Morgan fingerprint density at radius 2 is 2.19 bits per heavy atom. The fourth-order valence-electron chi connectivity index (χ4n) is 1.39. The van der Waals surface area contributed by atoms with Gasteiger partial charge in [0.1, 0.15) is 5.82 Å². The largest absolute Gasteiger partial charge is 0.478 e. The number of anilines is 1. The molecule has 1 amide bonds. The molecule has 1 heterocycles. The number of aromatic nitrogens is 2. The summed E-state index contributed by atoms with van der Waals surface area (Å²) in [7, 11) is 0. The Balaban J connectivity index is 1.97. The molecule has 1 aromatic carbocycles. The summed E-state index contributed by atoms with van der Waals surface area (Å²) >= 11 is 0.873. The van der Waals surface area contributed by atoms with Crippen LogP contribution in [-0.4, -0.2) is 32.9 Å². The van der Waals surface area contributed by atoms with E-state index in [1.165, 1.54) is 6.07 Å². The summed E-state index contributed by atoms with van der Waals surface area (Å²) in [5, 5.41) is 18.3. The Hall–Kier alpha value is -2.42. The summed E-state index contributed by atoms with van der Waals surface area (Å²) in [5.74, 6) is -2.04. The Morgan fingerprint density at radius 3 is 2.81 bits per heavy atom. The van der Waals surface area contributed by atoms with Crippen molar-refractivity contribution in [2.45, 2.75) is 11.8 Å². The lowest BCUT2D eigenvalue weighted by molar-refractivity contribution is -0.113. The van der Waals surface area contributed by atoms with Crippen LogP contribution in [0.25, 0.3) is 0 Å². The molecule has 0 aliphatic carbocycles. The van der Waals surface area contributed by atoms with E-state index in [1.807, 2.05) is 0 Å². The second-order valence-corrected chi connectivity index (χ2v) is 4.93. The van der Waals surface area contributed by atoms with Gasteiger partial charge >= 0.3 is 12.0 Å². The number of aryl methyl sites for hydroxylation is 1. The maximum absolute atomic E-state index is 13.5. The molecule has 7 nitrogen and oxygen atoms in total. The molecule has 110 valence electrons. The normalized spacial score (nSPS) is 10.4. The van der Waals surface area contributed by atoms with Gasteiger partial charge < -0.3 is 9.52 Å². The molecule has 0 atom stereocenters. The Bertz CT molecular complexity index is 689. The number of rotatable bonds is 5. The molecule has 0 saturated carbocycles. The Labute approximate surface area is 122 Å². The van der Waals surface area contributed by atoms with Gasteiger partial charge in [-0.3, -0.25) is 10.1 Å². The first kappa shape index (κ1) is 15.0. The van der Waals surface area contributed by atoms with Crippen LogP contribution in [0.15, 0.2) is 27.5 Å². The molecule has 0 radical (unpaired) electrons. The molecule has 0 bridgehead atoms. The molecule has 0 spiro atoms. The highest BCUT2D eigenvalue weighted by atomic mass is 32.2. The van der Waals surface area contributed by atoms with Crippen molar-refractivity contribution in [3.8, 4) is 0 Å². The number of carbonyl (C=O) groups is 2. The number of halogens is 1. The lowest BCUT2D eigenvalue weighted by Crippen LogP contribution is -2.14. The average Bonchev–Trinajstić information content (AvgIpc) is 2.82. The van der Waals surface area contributed by atoms with Crippen molar-refractivity contribution in [2.75, 3.05) is 11.1 Å². The van der Waals surface area contributed by atoms with Gasteiger partial charge in [-0.2, -0.15) is 0 Å². The molecule has 0 unspecified atom stereocenters. The van der Waals surface area contributed by atoms with E-state index in [1.54, 1.807) is 6.92 Å². The molecular formula is C12H10FN3O4S. The lowest BCUT2D eigenvalue weighted by atomic mass is 10.2. The quantitative estimate of drug-likeness (QED) is 0.813. The van der Waals surface area contributed by atoms with Gasteiger partial charge in [-0.25, -0.2) is 9.18 Å². The lowest BCUT2D eigenvalue weighted by Gasteiger charge is -2.04. The van der Waals surface area contributed by atoms with E-state index in [0.717, 1.165) is 23.9 Å². The van der Waals surface area contributed by atoms with Gasteiger partial charge in [0.15, 0.2) is 0 Å². The third-order valence-electron chi connectivity index (χ3n) is 2.31. The number of carboxylic acids is 1. The van der Waals surface area contributed by atoms with E-state index in [0.29, 0.717) is 5.89 Å². The van der Waals surface area contributed by atoms with Gasteiger partial charge in [-0.1, -0.05) is 5.10 Å². The van der Waals surface area contributed by atoms with Crippen LogP contribution in [0.2, 0.25) is 0 Å². The van der Waals surface area contributed by atoms with Crippen LogP contribution in [-0.2, 0) is 4.79 Å². The smallest absolute Gasteiger partial charge is 0.335 e. The van der Waals surface area contributed by atoms with E-state index in [2.05, 4.69) is 15.5 Å². The highest BCUT2D eigenvalue weighted by Crippen LogP contribution is 2.23. The number of hydrogen-bond acceptors (Lipinski definition) is 6. The number of carboxylic acid groups (broad SMARTS) is 1. The van der Waals surface area contributed by atoms with Crippen LogP contribution in [0, 0.1) is 12.7 Å². The summed E-state index contributed by atoms with van der Waals surface area (Å²) < 4.78 is 18.5. The summed E-state index contributed by atoms with van der Waals surface area (Å²) in [4.78, 5) is 22.5. The number of benzene rings is 1. The zero-order chi connectivity index (χ0) is 15.4. The zero-order valence-electron chi connectivity index (χ0n) is 10.8. The van der Waals surface area contributed by atoms with Gasteiger partial charge in [0.2, 0.25) is 11.8 Å². The molecule has 2 aromatic rings. The molecule has 2 N–H and O–H groups in total. The molecule has 21 heavy (non-hydrogen) atoms. The number of hydrogen-bond donors (Lipinski definition) is 2. The van der Waals surface area contributed by atoms with E-state index in [-0.39, 0.29) is 22.2 Å². The second-order valence-electron chi connectivity index (χ2n) is 3.91. The van der Waals surface area contributed by atoms with E-state index in [4.69, 9.17) is 9.52 Å². The number of carbonyl (C=O) groups excluding carboxylic acids is 1. The summed E-state index contributed by atoms with van der Waals surface area (Å²) in [6, 6.07) is 3.33. The van der Waals surface area contributed by atoms with Gasteiger partial charge in [-0.15, -0.1) is 16.9 Å². The van der Waals surface area contributed by atoms with E-state index in [9.17, 15) is 14.0 Å². The topological polar surface area (TPSA) is 105 Å². The number of nitrogens with one attached hydrogen (secondary N) is 1. The average molecular weight is 311 g/mol. The van der Waals surface area contributed by atoms with Gasteiger partial charge in [0.05, 0.1) is 11.3 Å². The minimum atomic E-state index is -1.16. The van der Waals surface area contributed by atoms with Gasteiger partial charge in [-0.05, 0) is 18.2 Å². The van der Waals surface area contributed by atoms with Crippen molar-refractivity contribution in [1.82, 2.24) is 10.2 Å². The molecule has 9 heteroatoms. The van der Waals surface area contributed by atoms with Crippen molar-refractivity contribution in [2.24, 2.45) is 0 Å². The maximum Gasteiger partial charge on any atom is 0.335 e. The van der Waals surface area contributed by atoms with Crippen molar-refractivity contribution in [3.63, 3.8) is 0 Å². The Morgan fingerprint density at radius 1 is 1.43 bits per heavy atom. The van der Waals surface area contributed by atoms with E-state index >= 15 is 0 Å². The first-order valence-corrected chi connectivity index (χ1v) is 6.70. The summed E-state index contributed by atoms with van der Waals surface area (Å²) in [6.45, 7) is 1.57. The van der Waals surface area contributed by atoms with Crippen LogP contribution in [0.5, 0.6) is 0 Å². The Kier molecular flexibility index (Phi) is 4.53. The molecule has 0 aliphatic rings. The van der Waals surface area contributed by atoms with E-state index < -0.39 is 17.7 Å². The fourth-order valence-corrected chi connectivity index (χ4v) is 2.17. The number of thioether (sulfide) groups is 1. The van der Waals surface area contributed by atoms with Crippen LogP contribution >= 0.6 is 11.8 Å². The molecule has 2 rings (SSSR count). The monoisotopic (exact) mass is 311 g/mol. The van der Waals surface area contributed by atoms with Crippen molar-refractivity contribution in [3.05, 3.63) is 35.5 Å². The fraction of sp³-hybridized carbons (Fsp3) is 0.167. The minimum Gasteiger partial charge on any atom is -0.478 e. The number of aromatic carboxylic acids is 1. The summed E-state index contributed by atoms with van der Waals surface area (Å²) in [6.07, 6.45) is 0. The van der Waals surface area contributed by atoms with Gasteiger partial charge in [0, 0.05) is 11.8 Å². The minimum absolute atomic E-state index is 0.0436. The highest BCUT2D eigenvalue weighted by molar-refractivity contribution is 8.00.